The van der Waals surface area contributed by atoms with Crippen LogP contribution in [0.1, 0.15) is 12.8 Å². The first-order valence-corrected chi connectivity index (χ1v) is 6.62. The molecule has 0 atom stereocenters. The molecular formula is C14H17N3O4. The lowest BCUT2D eigenvalue weighted by Crippen LogP contribution is -2.42. The van der Waals surface area contributed by atoms with E-state index in [0.717, 1.165) is 0 Å². The van der Waals surface area contributed by atoms with Crippen molar-refractivity contribution in [2.45, 2.75) is 12.8 Å². The van der Waals surface area contributed by atoms with Crippen molar-refractivity contribution in [3.63, 3.8) is 0 Å². The molecule has 0 saturated heterocycles. The zero-order valence-corrected chi connectivity index (χ0v) is 11.4. The molecule has 3 amide bonds. The number of carbonyl (C=O) groups is 3. The van der Waals surface area contributed by atoms with Crippen molar-refractivity contribution in [1.82, 2.24) is 10.6 Å². The summed E-state index contributed by atoms with van der Waals surface area (Å²) in [5.74, 6) is -1.30. The SMILES string of the molecule is O=C(CNC(=O)Nc1ccccc1)NCC1(C(=O)O)CC1. The summed E-state index contributed by atoms with van der Waals surface area (Å²) in [6.07, 6.45) is 1.15. The van der Waals surface area contributed by atoms with Gasteiger partial charge in [-0.15, -0.1) is 0 Å². The van der Waals surface area contributed by atoms with Gasteiger partial charge in [0.05, 0.1) is 12.0 Å². The fourth-order valence-corrected chi connectivity index (χ4v) is 1.80. The Balaban J connectivity index is 1.67. The molecule has 7 heteroatoms. The van der Waals surface area contributed by atoms with E-state index >= 15 is 0 Å². The van der Waals surface area contributed by atoms with E-state index in [0.29, 0.717) is 18.5 Å². The summed E-state index contributed by atoms with van der Waals surface area (Å²) in [7, 11) is 0. The van der Waals surface area contributed by atoms with Crippen molar-refractivity contribution in [1.29, 1.82) is 0 Å². The average Bonchev–Trinajstić information content (AvgIpc) is 3.25. The Morgan fingerprint density at radius 3 is 2.33 bits per heavy atom. The van der Waals surface area contributed by atoms with E-state index in [1.807, 2.05) is 6.07 Å². The smallest absolute Gasteiger partial charge is 0.319 e. The number of hydrogen-bond acceptors (Lipinski definition) is 3. The van der Waals surface area contributed by atoms with Crippen molar-refractivity contribution >= 4 is 23.6 Å². The van der Waals surface area contributed by atoms with Crippen LogP contribution < -0.4 is 16.0 Å². The Kier molecular flexibility index (Phi) is 4.42. The summed E-state index contributed by atoms with van der Waals surface area (Å²) in [6, 6.07) is 8.35. The van der Waals surface area contributed by atoms with Crippen molar-refractivity contribution in [2.75, 3.05) is 18.4 Å². The summed E-state index contributed by atoms with van der Waals surface area (Å²) < 4.78 is 0. The van der Waals surface area contributed by atoms with Crippen LogP contribution in [0.25, 0.3) is 0 Å². The maximum atomic E-state index is 11.6. The van der Waals surface area contributed by atoms with Gasteiger partial charge in [0.15, 0.2) is 0 Å². The third kappa shape index (κ3) is 4.20. The standard InChI is InChI=1S/C14H17N3O4/c18-11(16-9-14(6-7-14)12(19)20)8-15-13(21)17-10-4-2-1-3-5-10/h1-5H,6-9H2,(H,16,18)(H,19,20)(H2,15,17,21). The van der Waals surface area contributed by atoms with Gasteiger partial charge in [-0.25, -0.2) is 4.79 Å². The topological polar surface area (TPSA) is 108 Å². The molecule has 1 fully saturated rings. The Morgan fingerprint density at radius 1 is 1.10 bits per heavy atom. The van der Waals surface area contributed by atoms with Crippen LogP contribution in [0.15, 0.2) is 30.3 Å². The Hall–Kier alpha value is -2.57. The van der Waals surface area contributed by atoms with Gasteiger partial charge in [0.2, 0.25) is 5.91 Å². The quantitative estimate of drug-likeness (QED) is 0.621. The fourth-order valence-electron chi connectivity index (χ4n) is 1.80. The third-order valence-electron chi connectivity index (χ3n) is 3.37. The monoisotopic (exact) mass is 291 g/mol. The Labute approximate surface area is 121 Å². The molecule has 4 N–H and O–H groups in total. The van der Waals surface area contributed by atoms with Crippen molar-refractivity contribution in [3.8, 4) is 0 Å². The molecule has 0 radical (unpaired) electrons. The lowest BCUT2D eigenvalue weighted by Gasteiger charge is -2.12. The first-order chi connectivity index (χ1) is 10.0. The number of hydrogen-bond donors (Lipinski definition) is 4. The van der Waals surface area contributed by atoms with Gasteiger partial charge < -0.3 is 21.1 Å². The molecule has 7 nitrogen and oxygen atoms in total. The minimum atomic E-state index is -0.891. The summed E-state index contributed by atoms with van der Waals surface area (Å²) in [5.41, 5.74) is -0.180. The van der Waals surface area contributed by atoms with Gasteiger partial charge in [0, 0.05) is 12.2 Å². The zero-order valence-electron chi connectivity index (χ0n) is 11.4. The predicted molar refractivity (Wildman–Crippen MR) is 75.8 cm³/mol. The highest BCUT2D eigenvalue weighted by atomic mass is 16.4. The van der Waals surface area contributed by atoms with Crippen molar-refractivity contribution < 1.29 is 19.5 Å². The van der Waals surface area contributed by atoms with E-state index in [4.69, 9.17) is 5.11 Å². The second kappa shape index (κ2) is 6.25. The van der Waals surface area contributed by atoms with E-state index in [-0.39, 0.29) is 13.1 Å². The number of urea groups is 1. The lowest BCUT2D eigenvalue weighted by molar-refractivity contribution is -0.143. The molecule has 0 aliphatic heterocycles. The van der Waals surface area contributed by atoms with E-state index in [2.05, 4.69) is 16.0 Å². The molecule has 1 saturated carbocycles. The Morgan fingerprint density at radius 2 is 1.76 bits per heavy atom. The largest absolute Gasteiger partial charge is 0.481 e. The van der Waals surface area contributed by atoms with Gasteiger partial charge in [0.25, 0.3) is 0 Å². The van der Waals surface area contributed by atoms with Crippen LogP contribution in [0, 0.1) is 5.41 Å². The minimum Gasteiger partial charge on any atom is -0.481 e. The normalized spacial score (nSPS) is 14.9. The highest BCUT2D eigenvalue weighted by molar-refractivity contribution is 5.92. The number of nitrogens with one attached hydrogen (secondary N) is 3. The zero-order chi connectivity index (χ0) is 15.3. The van der Waals surface area contributed by atoms with Crippen molar-refractivity contribution in [3.05, 3.63) is 30.3 Å². The van der Waals surface area contributed by atoms with Gasteiger partial charge >= 0.3 is 12.0 Å². The lowest BCUT2D eigenvalue weighted by atomic mass is 10.1. The summed E-state index contributed by atoms with van der Waals surface area (Å²) in [6.45, 7) is -0.0997. The van der Waals surface area contributed by atoms with Gasteiger partial charge in [-0.05, 0) is 25.0 Å². The number of amides is 3. The molecule has 1 aromatic carbocycles. The van der Waals surface area contributed by atoms with Gasteiger partial charge in [-0.2, -0.15) is 0 Å². The molecule has 0 unspecified atom stereocenters. The number of para-hydroxylation sites is 1. The molecule has 0 heterocycles. The van der Waals surface area contributed by atoms with Gasteiger partial charge in [-0.1, -0.05) is 18.2 Å². The number of carboxylic acids is 1. The molecule has 112 valence electrons. The molecular weight excluding hydrogens is 274 g/mol. The molecule has 2 rings (SSSR count). The minimum absolute atomic E-state index is 0.100. The molecule has 0 bridgehead atoms. The molecule has 1 aliphatic carbocycles. The van der Waals surface area contributed by atoms with Crippen LogP contribution >= 0.6 is 0 Å². The second-order valence-electron chi connectivity index (χ2n) is 5.04. The van der Waals surface area contributed by atoms with Gasteiger partial charge in [0.1, 0.15) is 0 Å². The molecule has 1 aromatic rings. The van der Waals surface area contributed by atoms with E-state index in [9.17, 15) is 14.4 Å². The maximum Gasteiger partial charge on any atom is 0.319 e. The highest BCUT2D eigenvalue weighted by Gasteiger charge is 2.50. The van der Waals surface area contributed by atoms with Crippen molar-refractivity contribution in [2.24, 2.45) is 5.41 Å². The average molecular weight is 291 g/mol. The number of rotatable bonds is 6. The highest BCUT2D eigenvalue weighted by Crippen LogP contribution is 2.45. The predicted octanol–water partition coefficient (Wildman–Crippen LogP) is 0.789. The van der Waals surface area contributed by atoms with Crippen LogP contribution in [0.5, 0.6) is 0 Å². The number of carbonyl (C=O) groups excluding carboxylic acids is 2. The number of carboxylic acid groups (broad SMARTS) is 1. The number of benzene rings is 1. The van der Waals surface area contributed by atoms with E-state index in [1.165, 1.54) is 0 Å². The fraction of sp³-hybridized carbons (Fsp3) is 0.357. The number of aliphatic carboxylic acids is 1. The second-order valence-corrected chi connectivity index (χ2v) is 5.04. The van der Waals surface area contributed by atoms with E-state index < -0.39 is 23.3 Å². The van der Waals surface area contributed by atoms with Gasteiger partial charge in [-0.3, -0.25) is 9.59 Å². The number of anilines is 1. The maximum absolute atomic E-state index is 11.6. The Bertz CT molecular complexity index is 540. The summed E-state index contributed by atoms with van der Waals surface area (Å²) >= 11 is 0. The summed E-state index contributed by atoms with van der Waals surface area (Å²) in [4.78, 5) is 34.0. The van der Waals surface area contributed by atoms with Crippen LogP contribution in [-0.4, -0.2) is 36.1 Å². The first kappa shape index (κ1) is 14.8. The molecule has 21 heavy (non-hydrogen) atoms. The van der Waals surface area contributed by atoms with Crippen LogP contribution in [0.2, 0.25) is 0 Å². The molecule has 1 aliphatic rings. The van der Waals surface area contributed by atoms with Crippen LogP contribution in [0.3, 0.4) is 0 Å². The summed E-state index contributed by atoms with van der Waals surface area (Å²) in [5, 5.41) is 16.5. The first-order valence-electron chi connectivity index (χ1n) is 6.62. The molecule has 0 spiro atoms. The third-order valence-corrected chi connectivity index (χ3v) is 3.37. The van der Waals surface area contributed by atoms with E-state index in [1.54, 1.807) is 24.3 Å². The molecule has 0 aromatic heterocycles. The van der Waals surface area contributed by atoms with Crippen LogP contribution in [-0.2, 0) is 9.59 Å². The van der Waals surface area contributed by atoms with Crippen LogP contribution in [0.4, 0.5) is 10.5 Å².